The highest BCUT2D eigenvalue weighted by Gasteiger charge is 2.22. The van der Waals surface area contributed by atoms with E-state index in [1.165, 1.54) is 0 Å². The maximum atomic E-state index is 12.5. The summed E-state index contributed by atoms with van der Waals surface area (Å²) in [5.41, 5.74) is 2.00. The van der Waals surface area contributed by atoms with Crippen LogP contribution < -0.4 is 10.1 Å². The number of aromatic nitrogens is 1. The number of nitrogens with one attached hydrogen (secondary N) is 2. The summed E-state index contributed by atoms with van der Waals surface area (Å²) in [6, 6.07) is 6.23. The molecule has 22 heavy (non-hydrogen) atoms. The Morgan fingerprint density at radius 2 is 2.27 bits per heavy atom. The van der Waals surface area contributed by atoms with Crippen molar-refractivity contribution < 1.29 is 9.53 Å². The number of carbonyl (C=O) groups is 1. The van der Waals surface area contributed by atoms with Gasteiger partial charge in [0, 0.05) is 42.8 Å². The predicted octanol–water partition coefficient (Wildman–Crippen LogP) is 1.96. The van der Waals surface area contributed by atoms with Crippen molar-refractivity contribution in [3.05, 3.63) is 30.0 Å². The van der Waals surface area contributed by atoms with Gasteiger partial charge in [-0.2, -0.15) is 0 Å². The molecule has 1 saturated heterocycles. The zero-order valence-corrected chi connectivity index (χ0v) is 13.7. The number of amides is 1. The lowest BCUT2D eigenvalue weighted by molar-refractivity contribution is -0.131. The first kappa shape index (κ1) is 16.6. The van der Waals surface area contributed by atoms with E-state index in [4.69, 9.17) is 4.74 Å². The molecule has 2 aromatic rings. The third-order valence-corrected chi connectivity index (χ3v) is 4.03. The molecule has 6 heteroatoms. The Labute approximate surface area is 136 Å². The molecule has 3 rings (SSSR count). The van der Waals surface area contributed by atoms with Crippen LogP contribution in [0.4, 0.5) is 0 Å². The van der Waals surface area contributed by atoms with Gasteiger partial charge in [0.2, 0.25) is 5.91 Å². The molecule has 5 nitrogen and oxygen atoms in total. The summed E-state index contributed by atoms with van der Waals surface area (Å²) in [5.74, 6) is 0.986. The third kappa shape index (κ3) is 3.20. The molecule has 2 heterocycles. The predicted molar refractivity (Wildman–Crippen MR) is 89.8 cm³/mol. The topological polar surface area (TPSA) is 57.4 Å². The van der Waals surface area contributed by atoms with Crippen LogP contribution >= 0.6 is 12.4 Å². The number of benzene rings is 1. The van der Waals surface area contributed by atoms with Crippen molar-refractivity contribution in [1.29, 1.82) is 0 Å². The van der Waals surface area contributed by atoms with E-state index < -0.39 is 0 Å². The fourth-order valence-electron chi connectivity index (χ4n) is 2.96. The summed E-state index contributed by atoms with van der Waals surface area (Å²) in [6.07, 6.45) is 2.32. The number of nitrogens with zero attached hydrogens (tertiary/aromatic N) is 1. The number of carbonyl (C=O) groups excluding carboxylic acids is 1. The summed E-state index contributed by atoms with van der Waals surface area (Å²) < 4.78 is 5.42. The Balaban J connectivity index is 0.00000176. The summed E-state index contributed by atoms with van der Waals surface area (Å²) >= 11 is 0. The fourth-order valence-corrected chi connectivity index (χ4v) is 2.96. The van der Waals surface area contributed by atoms with Crippen molar-refractivity contribution in [1.82, 2.24) is 15.2 Å². The first-order valence-electron chi connectivity index (χ1n) is 7.33. The number of aromatic amines is 1. The van der Waals surface area contributed by atoms with Gasteiger partial charge in [-0.25, -0.2) is 0 Å². The van der Waals surface area contributed by atoms with E-state index in [2.05, 4.69) is 17.2 Å². The van der Waals surface area contributed by atoms with Crippen LogP contribution in [0.5, 0.6) is 5.75 Å². The lowest BCUT2D eigenvalue weighted by atomic mass is 10.1. The average Bonchev–Trinajstić information content (AvgIpc) is 2.90. The number of hydrogen-bond acceptors (Lipinski definition) is 3. The van der Waals surface area contributed by atoms with Crippen LogP contribution in [0, 0.1) is 0 Å². The number of piperazine rings is 1. The second-order valence-electron chi connectivity index (χ2n) is 5.57. The van der Waals surface area contributed by atoms with Crippen LogP contribution in [0.1, 0.15) is 12.5 Å². The Morgan fingerprint density at radius 1 is 1.45 bits per heavy atom. The molecule has 120 valence electrons. The monoisotopic (exact) mass is 323 g/mol. The van der Waals surface area contributed by atoms with Crippen molar-refractivity contribution in [2.24, 2.45) is 0 Å². The smallest absolute Gasteiger partial charge is 0.227 e. The normalized spacial score (nSPS) is 18.1. The second kappa shape index (κ2) is 7.03. The highest BCUT2D eigenvalue weighted by Crippen LogP contribution is 2.29. The first-order valence-corrected chi connectivity index (χ1v) is 7.33. The van der Waals surface area contributed by atoms with Crippen molar-refractivity contribution in [3.8, 4) is 5.75 Å². The van der Waals surface area contributed by atoms with Crippen LogP contribution in [-0.4, -0.2) is 48.6 Å². The molecule has 1 fully saturated rings. The molecule has 1 aromatic heterocycles. The molecule has 2 N–H and O–H groups in total. The standard InChI is InChI=1S/C16H21N3O2.ClH/c1-11-10-19(7-6-17-11)15(20)8-12-9-18-13-4-3-5-14(21-2)16(12)13;/h3-5,9,11,17-18H,6-8,10H2,1-2H3;1H/t11-;/m1./s1. The van der Waals surface area contributed by atoms with Gasteiger partial charge in [0.15, 0.2) is 0 Å². The van der Waals surface area contributed by atoms with E-state index in [-0.39, 0.29) is 18.3 Å². The van der Waals surface area contributed by atoms with E-state index in [1.807, 2.05) is 29.3 Å². The SMILES string of the molecule is COc1cccc2[nH]cc(CC(=O)N3CCN[C@H](C)C3)c12.Cl. The quantitative estimate of drug-likeness (QED) is 0.908. The van der Waals surface area contributed by atoms with Crippen molar-refractivity contribution in [2.45, 2.75) is 19.4 Å². The number of H-pyrrole nitrogens is 1. The first-order chi connectivity index (χ1) is 10.2. The fraction of sp³-hybridized carbons (Fsp3) is 0.438. The van der Waals surface area contributed by atoms with Gasteiger partial charge in [0.05, 0.1) is 13.5 Å². The summed E-state index contributed by atoms with van der Waals surface area (Å²) in [4.78, 5) is 17.7. The van der Waals surface area contributed by atoms with E-state index in [1.54, 1.807) is 7.11 Å². The summed E-state index contributed by atoms with van der Waals surface area (Å²) in [7, 11) is 1.66. The number of hydrogen-bond donors (Lipinski definition) is 2. The van der Waals surface area contributed by atoms with E-state index in [0.29, 0.717) is 12.5 Å². The van der Waals surface area contributed by atoms with Crippen LogP contribution in [-0.2, 0) is 11.2 Å². The van der Waals surface area contributed by atoms with Crippen molar-refractivity contribution in [3.63, 3.8) is 0 Å². The zero-order chi connectivity index (χ0) is 14.8. The number of fused-ring (bicyclic) bond motifs is 1. The van der Waals surface area contributed by atoms with Gasteiger partial charge in [-0.3, -0.25) is 4.79 Å². The molecule has 0 saturated carbocycles. The van der Waals surface area contributed by atoms with Gasteiger partial charge in [-0.05, 0) is 24.6 Å². The number of ether oxygens (including phenoxy) is 1. The molecule has 0 bridgehead atoms. The minimum Gasteiger partial charge on any atom is -0.496 e. The van der Waals surface area contributed by atoms with Gasteiger partial charge in [0.25, 0.3) is 0 Å². The Bertz CT molecular complexity index is 656. The van der Waals surface area contributed by atoms with Gasteiger partial charge in [-0.1, -0.05) is 6.07 Å². The third-order valence-electron chi connectivity index (χ3n) is 4.03. The maximum Gasteiger partial charge on any atom is 0.227 e. The minimum atomic E-state index is 0. The van der Waals surface area contributed by atoms with Crippen LogP contribution in [0.15, 0.2) is 24.4 Å². The Kier molecular flexibility index (Phi) is 5.32. The molecule has 1 atom stereocenters. The van der Waals surface area contributed by atoms with E-state index in [9.17, 15) is 4.79 Å². The van der Waals surface area contributed by atoms with Crippen LogP contribution in [0.2, 0.25) is 0 Å². The highest BCUT2D eigenvalue weighted by atomic mass is 35.5. The number of rotatable bonds is 3. The molecule has 1 aliphatic rings. The number of methoxy groups -OCH3 is 1. The van der Waals surface area contributed by atoms with E-state index >= 15 is 0 Å². The van der Waals surface area contributed by atoms with Crippen LogP contribution in [0.25, 0.3) is 10.9 Å². The molecular formula is C16H22ClN3O2. The van der Waals surface area contributed by atoms with Crippen LogP contribution in [0.3, 0.4) is 0 Å². The highest BCUT2D eigenvalue weighted by molar-refractivity contribution is 5.93. The second-order valence-corrected chi connectivity index (χ2v) is 5.57. The molecule has 0 unspecified atom stereocenters. The summed E-state index contributed by atoms with van der Waals surface area (Å²) in [6.45, 7) is 4.53. The zero-order valence-electron chi connectivity index (χ0n) is 12.9. The minimum absolute atomic E-state index is 0. The lowest BCUT2D eigenvalue weighted by Crippen LogP contribution is -2.51. The molecule has 1 aliphatic heterocycles. The van der Waals surface area contributed by atoms with Crippen molar-refractivity contribution in [2.75, 3.05) is 26.7 Å². The molecule has 0 radical (unpaired) electrons. The van der Waals surface area contributed by atoms with Gasteiger partial charge in [0.1, 0.15) is 5.75 Å². The van der Waals surface area contributed by atoms with E-state index in [0.717, 1.165) is 41.9 Å². The molecule has 0 aliphatic carbocycles. The maximum absolute atomic E-state index is 12.5. The molecule has 1 aromatic carbocycles. The molecular weight excluding hydrogens is 302 g/mol. The summed E-state index contributed by atoms with van der Waals surface area (Å²) in [5, 5.41) is 4.36. The van der Waals surface area contributed by atoms with Gasteiger partial charge < -0.3 is 19.9 Å². The van der Waals surface area contributed by atoms with Gasteiger partial charge >= 0.3 is 0 Å². The Hall–Kier alpha value is -1.72. The lowest BCUT2D eigenvalue weighted by Gasteiger charge is -2.32. The average molecular weight is 324 g/mol. The largest absolute Gasteiger partial charge is 0.496 e. The van der Waals surface area contributed by atoms with Crippen molar-refractivity contribution >= 4 is 29.2 Å². The number of halogens is 1. The molecule has 1 amide bonds. The van der Waals surface area contributed by atoms with Gasteiger partial charge in [-0.15, -0.1) is 12.4 Å². The molecule has 0 spiro atoms. The Morgan fingerprint density at radius 3 is 3.00 bits per heavy atom.